The Bertz CT molecular complexity index is 362. The minimum absolute atomic E-state index is 0.0721. The van der Waals surface area contributed by atoms with Crippen LogP contribution in [0, 0.1) is 0 Å². The topological polar surface area (TPSA) is 46.3 Å². The Hall–Kier alpha value is -1.06. The van der Waals surface area contributed by atoms with Gasteiger partial charge in [-0.25, -0.2) is 0 Å². The lowest BCUT2D eigenvalue weighted by Gasteiger charge is -2.17. The maximum atomic E-state index is 11.8. The molecule has 0 aromatic heterocycles. The summed E-state index contributed by atoms with van der Waals surface area (Å²) in [6, 6.07) is 7.59. The highest BCUT2D eigenvalue weighted by atomic mass is 35.5. The van der Waals surface area contributed by atoms with Gasteiger partial charge in [-0.2, -0.15) is 0 Å². The standard InChI is InChI=1S/C13H19ClN2O/c1-10(15)3-8-13(17)16(2)9-11-4-6-12(14)7-5-11/h4-7,10H,3,8-9,15H2,1-2H3. The van der Waals surface area contributed by atoms with Crippen LogP contribution in [-0.4, -0.2) is 23.9 Å². The van der Waals surface area contributed by atoms with Crippen LogP contribution in [0.3, 0.4) is 0 Å². The quantitative estimate of drug-likeness (QED) is 0.877. The molecular weight excluding hydrogens is 236 g/mol. The number of hydrogen-bond donors (Lipinski definition) is 1. The van der Waals surface area contributed by atoms with E-state index in [0.29, 0.717) is 18.0 Å². The summed E-state index contributed by atoms with van der Waals surface area (Å²) in [5.41, 5.74) is 6.70. The Morgan fingerprint density at radius 1 is 1.41 bits per heavy atom. The zero-order valence-electron chi connectivity index (χ0n) is 10.3. The van der Waals surface area contributed by atoms with Crippen LogP contribution in [0.15, 0.2) is 24.3 Å². The smallest absolute Gasteiger partial charge is 0.222 e. The van der Waals surface area contributed by atoms with Crippen molar-refractivity contribution < 1.29 is 4.79 Å². The van der Waals surface area contributed by atoms with Crippen LogP contribution in [0.4, 0.5) is 0 Å². The van der Waals surface area contributed by atoms with Crippen molar-refractivity contribution in [1.29, 1.82) is 0 Å². The number of benzene rings is 1. The van der Waals surface area contributed by atoms with Crippen molar-refractivity contribution in [2.75, 3.05) is 7.05 Å². The van der Waals surface area contributed by atoms with E-state index >= 15 is 0 Å². The van der Waals surface area contributed by atoms with Crippen LogP contribution in [0.5, 0.6) is 0 Å². The fourth-order valence-electron chi connectivity index (χ4n) is 1.49. The highest BCUT2D eigenvalue weighted by Gasteiger charge is 2.09. The molecule has 1 unspecified atom stereocenters. The second-order valence-corrected chi connectivity index (χ2v) is 4.83. The van der Waals surface area contributed by atoms with Gasteiger partial charge in [0, 0.05) is 31.1 Å². The van der Waals surface area contributed by atoms with Gasteiger partial charge >= 0.3 is 0 Å². The van der Waals surface area contributed by atoms with E-state index in [9.17, 15) is 4.79 Å². The van der Waals surface area contributed by atoms with Gasteiger partial charge in [-0.05, 0) is 31.0 Å². The van der Waals surface area contributed by atoms with E-state index in [0.717, 1.165) is 12.0 Å². The third-order valence-corrected chi connectivity index (χ3v) is 2.82. The SMILES string of the molecule is CC(N)CCC(=O)N(C)Cc1ccc(Cl)cc1. The van der Waals surface area contributed by atoms with Crippen molar-refractivity contribution in [3.05, 3.63) is 34.9 Å². The fourth-order valence-corrected chi connectivity index (χ4v) is 1.62. The lowest BCUT2D eigenvalue weighted by Crippen LogP contribution is -2.27. The van der Waals surface area contributed by atoms with Gasteiger partial charge in [-0.15, -0.1) is 0 Å². The molecule has 0 aliphatic heterocycles. The van der Waals surface area contributed by atoms with Gasteiger partial charge in [0.25, 0.3) is 0 Å². The minimum atomic E-state index is 0.0721. The Labute approximate surface area is 108 Å². The van der Waals surface area contributed by atoms with Gasteiger partial charge in [-0.1, -0.05) is 23.7 Å². The Balaban J connectivity index is 2.45. The van der Waals surface area contributed by atoms with Crippen LogP contribution in [0.1, 0.15) is 25.3 Å². The number of nitrogens with zero attached hydrogens (tertiary/aromatic N) is 1. The molecule has 1 amide bonds. The van der Waals surface area contributed by atoms with Crippen LogP contribution in [-0.2, 0) is 11.3 Å². The number of carbonyl (C=O) groups is 1. The molecule has 4 heteroatoms. The molecule has 94 valence electrons. The van der Waals surface area contributed by atoms with Crippen LogP contribution >= 0.6 is 11.6 Å². The van der Waals surface area contributed by atoms with Crippen molar-refractivity contribution in [2.45, 2.75) is 32.4 Å². The lowest BCUT2D eigenvalue weighted by molar-refractivity contribution is -0.130. The van der Waals surface area contributed by atoms with Crippen LogP contribution < -0.4 is 5.73 Å². The Morgan fingerprint density at radius 2 is 2.00 bits per heavy atom. The first-order chi connectivity index (χ1) is 7.99. The number of rotatable bonds is 5. The third kappa shape index (κ3) is 5.20. The predicted molar refractivity (Wildman–Crippen MR) is 70.8 cm³/mol. The number of carbonyl (C=O) groups excluding carboxylic acids is 1. The summed E-state index contributed by atoms with van der Waals surface area (Å²) in [5, 5.41) is 0.708. The van der Waals surface area contributed by atoms with Crippen molar-refractivity contribution in [3.63, 3.8) is 0 Å². The molecule has 3 nitrogen and oxygen atoms in total. The van der Waals surface area contributed by atoms with Crippen molar-refractivity contribution >= 4 is 17.5 Å². The summed E-state index contributed by atoms with van der Waals surface area (Å²) >= 11 is 5.80. The number of amides is 1. The molecule has 1 rings (SSSR count). The molecular formula is C13H19ClN2O. The average molecular weight is 255 g/mol. The number of hydrogen-bond acceptors (Lipinski definition) is 2. The van der Waals surface area contributed by atoms with E-state index in [1.54, 1.807) is 11.9 Å². The molecule has 0 radical (unpaired) electrons. The summed E-state index contributed by atoms with van der Waals surface area (Å²) in [4.78, 5) is 13.5. The zero-order valence-corrected chi connectivity index (χ0v) is 11.1. The van der Waals surface area contributed by atoms with Gasteiger partial charge in [0.2, 0.25) is 5.91 Å². The normalized spacial score (nSPS) is 12.2. The highest BCUT2D eigenvalue weighted by Crippen LogP contribution is 2.11. The second-order valence-electron chi connectivity index (χ2n) is 4.39. The monoisotopic (exact) mass is 254 g/mol. The molecule has 0 aliphatic rings. The first-order valence-corrected chi connectivity index (χ1v) is 6.11. The summed E-state index contributed by atoms with van der Waals surface area (Å²) in [7, 11) is 1.80. The van der Waals surface area contributed by atoms with Gasteiger partial charge in [-0.3, -0.25) is 4.79 Å². The minimum Gasteiger partial charge on any atom is -0.341 e. The van der Waals surface area contributed by atoms with Crippen LogP contribution in [0.2, 0.25) is 5.02 Å². The van der Waals surface area contributed by atoms with Gasteiger partial charge < -0.3 is 10.6 Å². The molecule has 1 atom stereocenters. The summed E-state index contributed by atoms with van der Waals surface area (Å²) in [5.74, 6) is 0.122. The van der Waals surface area contributed by atoms with E-state index in [1.807, 2.05) is 31.2 Å². The molecule has 1 aromatic carbocycles. The first-order valence-electron chi connectivity index (χ1n) is 5.73. The van der Waals surface area contributed by atoms with E-state index in [4.69, 9.17) is 17.3 Å². The zero-order chi connectivity index (χ0) is 12.8. The highest BCUT2D eigenvalue weighted by molar-refractivity contribution is 6.30. The molecule has 0 bridgehead atoms. The molecule has 0 fully saturated rings. The molecule has 2 N–H and O–H groups in total. The predicted octanol–water partition coefficient (Wildman–Crippen LogP) is 2.43. The maximum Gasteiger partial charge on any atom is 0.222 e. The molecule has 0 saturated carbocycles. The summed E-state index contributed by atoms with van der Waals surface area (Å²) < 4.78 is 0. The fraction of sp³-hybridized carbons (Fsp3) is 0.462. The van der Waals surface area contributed by atoms with Gasteiger partial charge in [0.05, 0.1) is 0 Å². The lowest BCUT2D eigenvalue weighted by atomic mass is 10.1. The summed E-state index contributed by atoms with van der Waals surface area (Å²) in [6.07, 6.45) is 1.23. The number of nitrogens with two attached hydrogens (primary N) is 1. The molecule has 0 saturated heterocycles. The van der Waals surface area contributed by atoms with Crippen molar-refractivity contribution in [3.8, 4) is 0 Å². The Morgan fingerprint density at radius 3 is 2.53 bits per heavy atom. The van der Waals surface area contributed by atoms with Crippen LogP contribution in [0.25, 0.3) is 0 Å². The van der Waals surface area contributed by atoms with Crippen molar-refractivity contribution in [1.82, 2.24) is 4.90 Å². The van der Waals surface area contributed by atoms with Gasteiger partial charge in [0.15, 0.2) is 0 Å². The Kier molecular flexibility index (Phi) is 5.45. The first kappa shape index (κ1) is 14.0. The van der Waals surface area contributed by atoms with Gasteiger partial charge in [0.1, 0.15) is 0 Å². The van der Waals surface area contributed by atoms with Crippen molar-refractivity contribution in [2.24, 2.45) is 5.73 Å². The molecule has 0 spiro atoms. The summed E-state index contributed by atoms with van der Waals surface area (Å²) in [6.45, 7) is 2.52. The largest absolute Gasteiger partial charge is 0.341 e. The molecule has 0 heterocycles. The average Bonchev–Trinajstić information content (AvgIpc) is 2.28. The second kappa shape index (κ2) is 6.62. The van der Waals surface area contributed by atoms with E-state index in [-0.39, 0.29) is 11.9 Å². The third-order valence-electron chi connectivity index (χ3n) is 2.57. The number of halogens is 1. The maximum absolute atomic E-state index is 11.8. The van der Waals surface area contributed by atoms with E-state index in [1.165, 1.54) is 0 Å². The molecule has 0 aliphatic carbocycles. The molecule has 17 heavy (non-hydrogen) atoms. The molecule has 1 aromatic rings. The van der Waals surface area contributed by atoms with E-state index < -0.39 is 0 Å². The van der Waals surface area contributed by atoms with E-state index in [2.05, 4.69) is 0 Å².